The Morgan fingerprint density at radius 3 is 2.64 bits per heavy atom. The third-order valence-corrected chi connectivity index (χ3v) is 1.74. The largest absolute Gasteiger partial charge is 0.464 e. The minimum absolute atomic E-state index is 0.0587. The van der Waals surface area contributed by atoms with Gasteiger partial charge in [0.15, 0.2) is 5.60 Å². The van der Waals surface area contributed by atoms with Crippen LogP contribution in [0.5, 0.6) is 0 Å². The predicted octanol–water partition coefficient (Wildman–Crippen LogP) is 1.50. The van der Waals surface area contributed by atoms with Gasteiger partial charge in [0.05, 0.1) is 6.61 Å². The Hall–Kier alpha value is -0.870. The van der Waals surface area contributed by atoms with Crippen LogP contribution in [0, 0.1) is 0 Å². The van der Waals surface area contributed by atoms with Gasteiger partial charge in [0.25, 0.3) is 0 Å². The second-order valence-corrected chi connectivity index (χ2v) is 2.99. The molecule has 0 fully saturated rings. The zero-order valence-electron chi connectivity index (χ0n) is 9.04. The molecule has 0 aromatic rings. The van der Waals surface area contributed by atoms with Crippen LogP contribution in [-0.4, -0.2) is 32.1 Å². The molecule has 0 saturated heterocycles. The van der Waals surface area contributed by atoms with Crippen molar-refractivity contribution < 1.29 is 19.0 Å². The van der Waals surface area contributed by atoms with Gasteiger partial charge in [0.2, 0.25) is 0 Å². The third-order valence-electron chi connectivity index (χ3n) is 1.74. The molecule has 0 N–H and O–H groups in total. The van der Waals surface area contributed by atoms with Gasteiger partial charge in [-0.25, -0.2) is 4.79 Å². The summed E-state index contributed by atoms with van der Waals surface area (Å²) < 4.78 is 14.9. The third kappa shape index (κ3) is 3.89. The molecule has 82 valence electrons. The molecule has 0 spiro atoms. The standard InChI is InChI=1S/C10H18O4/c1-5-7-10(3,14-8-12-4)9(11)13-6-2/h5H,1,6-8H2,2-4H3. The van der Waals surface area contributed by atoms with Crippen molar-refractivity contribution in [3.8, 4) is 0 Å². The van der Waals surface area contributed by atoms with E-state index in [0.29, 0.717) is 13.0 Å². The van der Waals surface area contributed by atoms with E-state index in [1.54, 1.807) is 19.9 Å². The Bertz CT molecular complexity index is 191. The number of ether oxygens (including phenoxy) is 3. The SMILES string of the molecule is C=CCC(C)(OCOC)C(=O)OCC. The molecule has 4 heteroatoms. The maximum atomic E-state index is 11.5. The van der Waals surface area contributed by atoms with E-state index in [2.05, 4.69) is 6.58 Å². The van der Waals surface area contributed by atoms with Crippen molar-refractivity contribution in [2.75, 3.05) is 20.5 Å². The van der Waals surface area contributed by atoms with E-state index < -0.39 is 11.6 Å². The van der Waals surface area contributed by atoms with Crippen LogP contribution in [0.1, 0.15) is 20.3 Å². The summed E-state index contributed by atoms with van der Waals surface area (Å²) in [6.45, 7) is 7.37. The summed E-state index contributed by atoms with van der Waals surface area (Å²) in [7, 11) is 1.50. The number of methoxy groups -OCH3 is 1. The molecule has 0 aromatic heterocycles. The number of carbonyl (C=O) groups is 1. The Balaban J connectivity index is 4.35. The molecule has 0 amide bonds. The lowest BCUT2D eigenvalue weighted by atomic mass is 10.0. The van der Waals surface area contributed by atoms with Crippen LogP contribution in [-0.2, 0) is 19.0 Å². The Kier molecular flexibility index (Phi) is 6.16. The van der Waals surface area contributed by atoms with Gasteiger partial charge in [0, 0.05) is 13.5 Å². The molecule has 0 aromatic carbocycles. The van der Waals surface area contributed by atoms with Crippen molar-refractivity contribution in [1.82, 2.24) is 0 Å². The monoisotopic (exact) mass is 202 g/mol. The molecule has 4 nitrogen and oxygen atoms in total. The zero-order valence-corrected chi connectivity index (χ0v) is 9.04. The average molecular weight is 202 g/mol. The highest BCUT2D eigenvalue weighted by Gasteiger charge is 2.34. The van der Waals surface area contributed by atoms with E-state index >= 15 is 0 Å². The quantitative estimate of drug-likeness (QED) is 0.356. The molecular formula is C10H18O4. The van der Waals surface area contributed by atoms with Gasteiger partial charge >= 0.3 is 5.97 Å². The predicted molar refractivity (Wildman–Crippen MR) is 52.8 cm³/mol. The highest BCUT2D eigenvalue weighted by atomic mass is 16.7. The first-order valence-electron chi connectivity index (χ1n) is 4.51. The zero-order chi connectivity index (χ0) is 11.0. The van der Waals surface area contributed by atoms with Crippen molar-refractivity contribution >= 4 is 5.97 Å². The molecular weight excluding hydrogens is 184 g/mol. The maximum absolute atomic E-state index is 11.5. The first-order chi connectivity index (χ1) is 6.60. The maximum Gasteiger partial charge on any atom is 0.338 e. The summed E-state index contributed by atoms with van der Waals surface area (Å²) >= 11 is 0. The molecule has 0 bridgehead atoms. The molecule has 0 saturated carbocycles. The fraction of sp³-hybridized carbons (Fsp3) is 0.700. The van der Waals surface area contributed by atoms with E-state index in [-0.39, 0.29) is 6.79 Å². The molecule has 0 rings (SSSR count). The van der Waals surface area contributed by atoms with Crippen molar-refractivity contribution in [3.63, 3.8) is 0 Å². The summed E-state index contributed by atoms with van der Waals surface area (Å²) in [5.74, 6) is -0.392. The van der Waals surface area contributed by atoms with Crippen LogP contribution in [0.3, 0.4) is 0 Å². The van der Waals surface area contributed by atoms with Crippen LogP contribution < -0.4 is 0 Å². The van der Waals surface area contributed by atoms with E-state index in [1.165, 1.54) is 7.11 Å². The normalized spacial score (nSPS) is 14.5. The summed E-state index contributed by atoms with van der Waals surface area (Å²) in [5, 5.41) is 0. The van der Waals surface area contributed by atoms with Gasteiger partial charge < -0.3 is 14.2 Å². The van der Waals surface area contributed by atoms with Gasteiger partial charge in [0.1, 0.15) is 6.79 Å². The van der Waals surface area contributed by atoms with Crippen molar-refractivity contribution in [1.29, 1.82) is 0 Å². The molecule has 0 radical (unpaired) electrons. The first-order valence-corrected chi connectivity index (χ1v) is 4.51. The number of carbonyl (C=O) groups excluding carboxylic acids is 1. The summed E-state index contributed by atoms with van der Waals surface area (Å²) in [6, 6.07) is 0. The number of esters is 1. The second kappa shape index (κ2) is 6.56. The lowest BCUT2D eigenvalue weighted by Gasteiger charge is -2.25. The summed E-state index contributed by atoms with van der Waals surface area (Å²) in [5.41, 5.74) is -0.992. The average Bonchev–Trinajstić information content (AvgIpc) is 2.15. The molecule has 0 heterocycles. The van der Waals surface area contributed by atoms with Crippen molar-refractivity contribution in [2.45, 2.75) is 25.9 Å². The summed E-state index contributed by atoms with van der Waals surface area (Å²) in [4.78, 5) is 11.5. The fourth-order valence-electron chi connectivity index (χ4n) is 0.949. The molecule has 14 heavy (non-hydrogen) atoms. The van der Waals surface area contributed by atoms with E-state index in [4.69, 9.17) is 14.2 Å². The number of rotatable bonds is 7. The Morgan fingerprint density at radius 2 is 2.21 bits per heavy atom. The van der Waals surface area contributed by atoms with E-state index in [9.17, 15) is 4.79 Å². The molecule has 1 unspecified atom stereocenters. The lowest BCUT2D eigenvalue weighted by molar-refractivity contribution is -0.183. The van der Waals surface area contributed by atoms with Crippen LogP contribution in [0.4, 0.5) is 0 Å². The minimum atomic E-state index is -0.992. The van der Waals surface area contributed by atoms with Gasteiger partial charge in [-0.3, -0.25) is 0 Å². The summed E-state index contributed by atoms with van der Waals surface area (Å²) in [6.07, 6.45) is 2.02. The minimum Gasteiger partial charge on any atom is -0.464 e. The van der Waals surface area contributed by atoms with Crippen molar-refractivity contribution in [2.24, 2.45) is 0 Å². The van der Waals surface area contributed by atoms with Crippen molar-refractivity contribution in [3.05, 3.63) is 12.7 Å². The first kappa shape index (κ1) is 13.1. The van der Waals surface area contributed by atoms with Gasteiger partial charge in [-0.1, -0.05) is 6.08 Å². The van der Waals surface area contributed by atoms with Crippen LogP contribution in [0.25, 0.3) is 0 Å². The Morgan fingerprint density at radius 1 is 1.57 bits per heavy atom. The number of hydrogen-bond donors (Lipinski definition) is 0. The fourth-order valence-corrected chi connectivity index (χ4v) is 0.949. The Labute approximate surface area is 84.8 Å². The number of hydrogen-bond acceptors (Lipinski definition) is 4. The topological polar surface area (TPSA) is 44.8 Å². The molecule has 0 aliphatic carbocycles. The lowest BCUT2D eigenvalue weighted by Crippen LogP contribution is -2.40. The molecule has 0 aliphatic rings. The van der Waals surface area contributed by atoms with Gasteiger partial charge in [-0.2, -0.15) is 0 Å². The highest BCUT2D eigenvalue weighted by Crippen LogP contribution is 2.18. The molecule has 0 aliphatic heterocycles. The van der Waals surface area contributed by atoms with Crippen LogP contribution in [0.15, 0.2) is 12.7 Å². The van der Waals surface area contributed by atoms with E-state index in [0.717, 1.165) is 0 Å². The van der Waals surface area contributed by atoms with Gasteiger partial charge in [-0.05, 0) is 13.8 Å². The van der Waals surface area contributed by atoms with Gasteiger partial charge in [-0.15, -0.1) is 6.58 Å². The molecule has 1 atom stereocenters. The van der Waals surface area contributed by atoms with E-state index in [1.807, 2.05) is 0 Å². The highest BCUT2D eigenvalue weighted by molar-refractivity contribution is 5.79. The van der Waals surface area contributed by atoms with Crippen LogP contribution in [0.2, 0.25) is 0 Å². The second-order valence-electron chi connectivity index (χ2n) is 2.99. The smallest absolute Gasteiger partial charge is 0.338 e. The van der Waals surface area contributed by atoms with Crippen LogP contribution >= 0.6 is 0 Å².